The van der Waals surface area contributed by atoms with Crippen LogP contribution in [0.5, 0.6) is 0 Å². The molecule has 1 atom stereocenters. The zero-order valence-corrected chi connectivity index (χ0v) is 15.6. The van der Waals surface area contributed by atoms with E-state index < -0.39 is 15.9 Å². The molecule has 4 nitrogen and oxygen atoms in total. The molecule has 0 fully saturated rings. The molecule has 2 aromatic carbocycles. The molecule has 1 unspecified atom stereocenters. The summed E-state index contributed by atoms with van der Waals surface area (Å²) in [6, 6.07) is 11.3. The van der Waals surface area contributed by atoms with Gasteiger partial charge in [0.25, 0.3) is 5.91 Å². The van der Waals surface area contributed by atoms with E-state index in [4.69, 9.17) is 23.2 Å². The van der Waals surface area contributed by atoms with Gasteiger partial charge in [0.1, 0.15) is 0 Å². The SMILES string of the molecule is Cc1c(Cl)cccc1N(C(=O)c1ccccc1Cl)C1C=CS(=O)(=O)C1. The quantitative estimate of drug-likeness (QED) is 0.779. The molecule has 1 amide bonds. The zero-order valence-electron chi connectivity index (χ0n) is 13.3. The third-order valence-corrected chi connectivity index (χ3v) is 6.18. The average Bonchev–Trinajstić information content (AvgIpc) is 2.91. The maximum absolute atomic E-state index is 13.2. The van der Waals surface area contributed by atoms with Crippen LogP contribution in [0, 0.1) is 6.92 Å². The number of nitrogens with zero attached hydrogens (tertiary/aromatic N) is 1. The van der Waals surface area contributed by atoms with Crippen molar-refractivity contribution >= 4 is 44.6 Å². The lowest BCUT2D eigenvalue weighted by molar-refractivity contribution is 0.0983. The van der Waals surface area contributed by atoms with Gasteiger partial charge in [0, 0.05) is 16.1 Å². The van der Waals surface area contributed by atoms with Crippen LogP contribution in [0.15, 0.2) is 53.9 Å². The van der Waals surface area contributed by atoms with Crippen LogP contribution in [0.25, 0.3) is 0 Å². The van der Waals surface area contributed by atoms with Crippen LogP contribution in [0.1, 0.15) is 15.9 Å². The molecule has 25 heavy (non-hydrogen) atoms. The van der Waals surface area contributed by atoms with Crippen LogP contribution in [0.2, 0.25) is 10.0 Å². The number of halogens is 2. The van der Waals surface area contributed by atoms with E-state index in [0.29, 0.717) is 26.9 Å². The number of sulfone groups is 1. The summed E-state index contributed by atoms with van der Waals surface area (Å²) >= 11 is 12.4. The lowest BCUT2D eigenvalue weighted by Gasteiger charge is -2.29. The van der Waals surface area contributed by atoms with Crippen molar-refractivity contribution in [1.82, 2.24) is 0 Å². The summed E-state index contributed by atoms with van der Waals surface area (Å²) in [5.74, 6) is -0.544. The van der Waals surface area contributed by atoms with Crippen LogP contribution in [0.4, 0.5) is 5.69 Å². The van der Waals surface area contributed by atoms with E-state index in [2.05, 4.69) is 0 Å². The standard InChI is InChI=1S/C18H15Cl2NO3S/c1-12-15(19)7-4-8-17(12)21(13-9-10-25(23,24)11-13)18(22)14-5-2-3-6-16(14)20/h2-10,13H,11H2,1H3. The van der Waals surface area contributed by atoms with Crippen LogP contribution < -0.4 is 4.90 Å². The molecule has 1 aliphatic rings. The molecule has 0 spiro atoms. The second-order valence-electron chi connectivity index (χ2n) is 5.76. The number of carbonyl (C=O) groups excluding carboxylic acids is 1. The van der Waals surface area contributed by atoms with E-state index in [-0.39, 0.29) is 11.7 Å². The molecular weight excluding hydrogens is 381 g/mol. The second kappa shape index (κ2) is 6.83. The molecule has 0 N–H and O–H groups in total. The van der Waals surface area contributed by atoms with Crippen molar-refractivity contribution in [3.63, 3.8) is 0 Å². The molecule has 0 radical (unpaired) electrons. The van der Waals surface area contributed by atoms with Crippen molar-refractivity contribution in [2.45, 2.75) is 13.0 Å². The van der Waals surface area contributed by atoms with Crippen LogP contribution in [-0.4, -0.2) is 26.1 Å². The van der Waals surface area contributed by atoms with Crippen molar-refractivity contribution in [3.8, 4) is 0 Å². The molecule has 0 aromatic heterocycles. The Balaban J connectivity index is 2.13. The number of anilines is 1. The molecule has 1 aliphatic heterocycles. The van der Waals surface area contributed by atoms with Gasteiger partial charge in [-0.25, -0.2) is 8.42 Å². The van der Waals surface area contributed by atoms with E-state index in [1.165, 1.54) is 11.0 Å². The summed E-state index contributed by atoms with van der Waals surface area (Å²) < 4.78 is 23.8. The van der Waals surface area contributed by atoms with Gasteiger partial charge in [-0.2, -0.15) is 0 Å². The van der Waals surface area contributed by atoms with Crippen LogP contribution in [0.3, 0.4) is 0 Å². The molecule has 2 aromatic rings. The van der Waals surface area contributed by atoms with Crippen LogP contribution >= 0.6 is 23.2 Å². The summed E-state index contributed by atoms with van der Waals surface area (Å²) in [5.41, 5.74) is 1.56. The fraction of sp³-hybridized carbons (Fsp3) is 0.167. The minimum Gasteiger partial charge on any atom is -0.300 e. The monoisotopic (exact) mass is 395 g/mol. The lowest BCUT2D eigenvalue weighted by atomic mass is 10.1. The zero-order chi connectivity index (χ0) is 18.2. The third kappa shape index (κ3) is 3.59. The molecule has 130 valence electrons. The predicted molar refractivity (Wildman–Crippen MR) is 101 cm³/mol. The molecule has 0 saturated carbocycles. The highest BCUT2D eigenvalue weighted by molar-refractivity contribution is 7.94. The summed E-state index contributed by atoms with van der Waals surface area (Å²) in [5, 5.41) is 1.95. The highest BCUT2D eigenvalue weighted by atomic mass is 35.5. The molecular formula is C18H15Cl2NO3S. The molecule has 0 saturated heterocycles. The molecule has 3 rings (SSSR count). The largest absolute Gasteiger partial charge is 0.300 e. The van der Waals surface area contributed by atoms with Crippen molar-refractivity contribution in [2.75, 3.05) is 10.7 Å². The summed E-state index contributed by atoms with van der Waals surface area (Å²) in [6.45, 7) is 1.79. The first-order valence-corrected chi connectivity index (χ1v) is 10.0. The summed E-state index contributed by atoms with van der Waals surface area (Å²) in [4.78, 5) is 14.6. The van der Waals surface area contributed by atoms with Gasteiger partial charge < -0.3 is 4.90 Å². The van der Waals surface area contributed by atoms with Crippen molar-refractivity contribution < 1.29 is 13.2 Å². The van der Waals surface area contributed by atoms with Gasteiger partial charge in [0.2, 0.25) is 0 Å². The Kier molecular flexibility index (Phi) is 4.91. The van der Waals surface area contributed by atoms with Gasteiger partial charge in [-0.3, -0.25) is 4.79 Å². The fourth-order valence-electron chi connectivity index (χ4n) is 2.78. The van der Waals surface area contributed by atoms with E-state index in [1.807, 2.05) is 0 Å². The summed E-state index contributed by atoms with van der Waals surface area (Å²) in [7, 11) is -3.34. The number of hydrogen-bond donors (Lipinski definition) is 0. The predicted octanol–water partition coefficient (Wildman–Crippen LogP) is 4.26. The van der Waals surface area contributed by atoms with Crippen LogP contribution in [-0.2, 0) is 9.84 Å². The number of carbonyl (C=O) groups is 1. The minimum atomic E-state index is -3.34. The Bertz CT molecular complexity index is 970. The number of amides is 1. The van der Waals surface area contributed by atoms with Gasteiger partial charge in [-0.05, 0) is 42.8 Å². The van der Waals surface area contributed by atoms with Crippen molar-refractivity contribution in [1.29, 1.82) is 0 Å². The highest BCUT2D eigenvalue weighted by Gasteiger charge is 2.33. The maximum Gasteiger partial charge on any atom is 0.260 e. The van der Waals surface area contributed by atoms with Gasteiger partial charge in [-0.15, -0.1) is 0 Å². The topological polar surface area (TPSA) is 54.5 Å². The van der Waals surface area contributed by atoms with Crippen molar-refractivity contribution in [3.05, 3.63) is 75.1 Å². The number of benzene rings is 2. The van der Waals surface area contributed by atoms with E-state index in [0.717, 1.165) is 5.41 Å². The Morgan fingerprint density at radius 3 is 2.40 bits per heavy atom. The molecule has 0 aliphatic carbocycles. The van der Waals surface area contributed by atoms with Gasteiger partial charge in [-0.1, -0.05) is 41.4 Å². The van der Waals surface area contributed by atoms with Gasteiger partial charge >= 0.3 is 0 Å². The van der Waals surface area contributed by atoms with E-state index in [9.17, 15) is 13.2 Å². The first-order valence-electron chi connectivity index (χ1n) is 7.54. The number of rotatable bonds is 3. The molecule has 0 bridgehead atoms. The highest BCUT2D eigenvalue weighted by Crippen LogP contribution is 2.32. The first kappa shape index (κ1) is 18.0. The first-order chi connectivity index (χ1) is 11.8. The summed E-state index contributed by atoms with van der Waals surface area (Å²) in [6.07, 6.45) is 1.52. The maximum atomic E-state index is 13.2. The normalized spacial score (nSPS) is 18.3. The van der Waals surface area contributed by atoms with E-state index in [1.54, 1.807) is 49.4 Å². The van der Waals surface area contributed by atoms with Gasteiger partial charge in [0.05, 0.1) is 22.4 Å². The number of hydrogen-bond acceptors (Lipinski definition) is 3. The third-order valence-electron chi connectivity index (χ3n) is 4.06. The Hall–Kier alpha value is -1.82. The fourth-order valence-corrected chi connectivity index (χ4v) is 4.43. The average molecular weight is 396 g/mol. The second-order valence-corrected chi connectivity index (χ2v) is 8.51. The van der Waals surface area contributed by atoms with E-state index >= 15 is 0 Å². The Labute approximate surface area is 156 Å². The molecule has 1 heterocycles. The Morgan fingerprint density at radius 2 is 1.76 bits per heavy atom. The van der Waals surface area contributed by atoms with Crippen molar-refractivity contribution in [2.24, 2.45) is 0 Å². The minimum absolute atomic E-state index is 0.171. The lowest BCUT2D eigenvalue weighted by Crippen LogP contribution is -2.41. The van der Waals surface area contributed by atoms with Gasteiger partial charge in [0.15, 0.2) is 9.84 Å². The molecule has 7 heteroatoms. The smallest absolute Gasteiger partial charge is 0.260 e. The Morgan fingerprint density at radius 1 is 1.08 bits per heavy atom.